The highest BCUT2D eigenvalue weighted by atomic mass is 35.5. The van der Waals surface area contributed by atoms with E-state index in [1.54, 1.807) is 0 Å². The summed E-state index contributed by atoms with van der Waals surface area (Å²) >= 11 is 0. The van der Waals surface area contributed by atoms with Crippen molar-refractivity contribution in [1.82, 2.24) is 10.2 Å². The highest BCUT2D eigenvalue weighted by molar-refractivity contribution is 5.85. The normalized spacial score (nSPS) is 34.6. The molecule has 1 N–H and O–H groups in total. The van der Waals surface area contributed by atoms with Crippen LogP contribution in [0.25, 0.3) is 0 Å². The molecule has 2 rings (SSSR count). The Morgan fingerprint density at radius 2 is 1.88 bits per heavy atom. The van der Waals surface area contributed by atoms with Crippen LogP contribution in [0.15, 0.2) is 0 Å². The Bertz CT molecular complexity index is 231. The largest absolute Gasteiger partial charge is 0.341 e. The molecule has 16 heavy (non-hydrogen) atoms. The van der Waals surface area contributed by atoms with Gasteiger partial charge in [-0.3, -0.25) is 4.79 Å². The molecule has 2 aliphatic rings. The lowest BCUT2D eigenvalue weighted by molar-refractivity contribution is -0.135. The van der Waals surface area contributed by atoms with E-state index < -0.39 is 0 Å². The molecule has 0 aliphatic carbocycles. The lowest BCUT2D eigenvalue weighted by Crippen LogP contribution is -2.49. The van der Waals surface area contributed by atoms with Crippen LogP contribution in [0, 0.1) is 11.8 Å². The van der Waals surface area contributed by atoms with Crippen molar-refractivity contribution < 1.29 is 4.79 Å². The summed E-state index contributed by atoms with van der Waals surface area (Å²) in [6.07, 6.45) is 3.44. The van der Waals surface area contributed by atoms with Crippen molar-refractivity contribution in [2.45, 2.75) is 39.2 Å². The first-order valence-electron chi connectivity index (χ1n) is 6.19. The van der Waals surface area contributed by atoms with Crippen LogP contribution in [0.2, 0.25) is 0 Å². The lowest BCUT2D eigenvalue weighted by atomic mass is 9.91. The Kier molecular flexibility index (Phi) is 5.06. The van der Waals surface area contributed by atoms with Gasteiger partial charge in [-0.15, -0.1) is 12.4 Å². The molecule has 0 saturated carbocycles. The molecule has 2 unspecified atom stereocenters. The molecule has 1 amide bonds. The Morgan fingerprint density at radius 1 is 1.25 bits per heavy atom. The molecule has 3 atom stereocenters. The number of carbonyl (C=O) groups is 1. The predicted octanol–water partition coefficient (Wildman–Crippen LogP) is 1.66. The molecule has 94 valence electrons. The van der Waals surface area contributed by atoms with Gasteiger partial charge < -0.3 is 10.2 Å². The Hall–Kier alpha value is -0.280. The Balaban J connectivity index is 0.00000128. The van der Waals surface area contributed by atoms with Gasteiger partial charge in [-0.2, -0.15) is 0 Å². The van der Waals surface area contributed by atoms with Crippen molar-refractivity contribution in [3.05, 3.63) is 0 Å². The number of hydrogen-bond acceptors (Lipinski definition) is 2. The van der Waals surface area contributed by atoms with E-state index in [4.69, 9.17) is 0 Å². The fourth-order valence-corrected chi connectivity index (χ4v) is 2.96. The number of piperidine rings is 1. The highest BCUT2D eigenvalue weighted by Gasteiger charge is 2.31. The average molecular weight is 247 g/mol. The number of amides is 1. The summed E-state index contributed by atoms with van der Waals surface area (Å²) in [5, 5.41) is 3.29. The topological polar surface area (TPSA) is 32.3 Å². The van der Waals surface area contributed by atoms with Crippen LogP contribution in [0.4, 0.5) is 0 Å². The maximum absolute atomic E-state index is 12.2. The third-order valence-corrected chi connectivity index (χ3v) is 3.54. The number of halogens is 1. The zero-order valence-electron chi connectivity index (χ0n) is 10.2. The van der Waals surface area contributed by atoms with E-state index in [0.717, 1.165) is 32.5 Å². The minimum atomic E-state index is 0. The van der Waals surface area contributed by atoms with Gasteiger partial charge >= 0.3 is 0 Å². The third kappa shape index (κ3) is 3.11. The smallest absolute Gasteiger partial charge is 0.239 e. The van der Waals surface area contributed by atoms with E-state index in [-0.39, 0.29) is 18.4 Å². The molecular weight excluding hydrogens is 224 g/mol. The van der Waals surface area contributed by atoms with Gasteiger partial charge in [-0.05, 0) is 37.6 Å². The van der Waals surface area contributed by atoms with E-state index in [1.165, 1.54) is 6.42 Å². The van der Waals surface area contributed by atoms with Crippen molar-refractivity contribution in [3.8, 4) is 0 Å². The molecule has 2 aliphatic heterocycles. The number of hydrogen-bond donors (Lipinski definition) is 1. The molecule has 0 bridgehead atoms. The zero-order chi connectivity index (χ0) is 10.8. The maximum atomic E-state index is 12.2. The highest BCUT2D eigenvalue weighted by Crippen LogP contribution is 2.22. The third-order valence-electron chi connectivity index (χ3n) is 3.54. The van der Waals surface area contributed by atoms with E-state index in [1.807, 2.05) is 0 Å². The monoisotopic (exact) mass is 246 g/mol. The van der Waals surface area contributed by atoms with Crippen LogP contribution < -0.4 is 5.32 Å². The molecular formula is C12H23ClN2O. The van der Waals surface area contributed by atoms with Gasteiger partial charge in [0, 0.05) is 13.1 Å². The van der Waals surface area contributed by atoms with Crippen LogP contribution in [-0.4, -0.2) is 36.5 Å². The zero-order valence-corrected chi connectivity index (χ0v) is 11.1. The quantitative estimate of drug-likeness (QED) is 0.763. The maximum Gasteiger partial charge on any atom is 0.239 e. The van der Waals surface area contributed by atoms with Crippen molar-refractivity contribution in [2.24, 2.45) is 11.8 Å². The number of rotatable bonds is 1. The molecule has 2 fully saturated rings. The Morgan fingerprint density at radius 3 is 2.38 bits per heavy atom. The number of carbonyl (C=O) groups excluding carboxylic acids is 1. The molecule has 0 aromatic heterocycles. The standard InChI is InChI=1S/C12H22N2O.ClH/c1-9-6-10(2)8-14(7-9)12(15)11-4-3-5-13-11;/h9-11,13H,3-8H2,1-2H3;1H/t9?,10?,11-;/m0./s1. The van der Waals surface area contributed by atoms with Crippen LogP contribution in [0.3, 0.4) is 0 Å². The van der Waals surface area contributed by atoms with Crippen molar-refractivity contribution in [3.63, 3.8) is 0 Å². The summed E-state index contributed by atoms with van der Waals surface area (Å²) < 4.78 is 0. The van der Waals surface area contributed by atoms with Crippen LogP contribution in [-0.2, 0) is 4.79 Å². The second kappa shape index (κ2) is 5.87. The van der Waals surface area contributed by atoms with Crippen molar-refractivity contribution in [2.75, 3.05) is 19.6 Å². The first-order valence-corrected chi connectivity index (χ1v) is 6.19. The first-order chi connectivity index (χ1) is 7.16. The van der Waals surface area contributed by atoms with Crippen LogP contribution in [0.5, 0.6) is 0 Å². The molecule has 0 spiro atoms. The summed E-state index contributed by atoms with van der Waals surface area (Å²) in [7, 11) is 0. The summed E-state index contributed by atoms with van der Waals surface area (Å²) in [5.41, 5.74) is 0. The van der Waals surface area contributed by atoms with Crippen molar-refractivity contribution >= 4 is 18.3 Å². The predicted molar refractivity (Wildman–Crippen MR) is 67.8 cm³/mol. The first kappa shape index (κ1) is 13.8. The Labute approximate surface area is 104 Å². The van der Waals surface area contributed by atoms with E-state index >= 15 is 0 Å². The molecule has 2 heterocycles. The van der Waals surface area contributed by atoms with Gasteiger partial charge in [-0.1, -0.05) is 13.8 Å². The van der Waals surface area contributed by atoms with Crippen molar-refractivity contribution in [1.29, 1.82) is 0 Å². The second-order valence-corrected chi connectivity index (χ2v) is 5.34. The molecule has 4 heteroatoms. The van der Waals surface area contributed by atoms with Gasteiger partial charge in [-0.25, -0.2) is 0 Å². The minimum absolute atomic E-state index is 0. The molecule has 0 aromatic carbocycles. The second-order valence-electron chi connectivity index (χ2n) is 5.34. The molecule has 0 aromatic rings. The van der Waals surface area contributed by atoms with Gasteiger partial charge in [0.1, 0.15) is 0 Å². The van der Waals surface area contributed by atoms with Crippen LogP contribution in [0.1, 0.15) is 33.1 Å². The van der Waals surface area contributed by atoms with Gasteiger partial charge in [0.15, 0.2) is 0 Å². The minimum Gasteiger partial charge on any atom is -0.341 e. The summed E-state index contributed by atoms with van der Waals surface area (Å²) in [4.78, 5) is 14.2. The molecule has 0 radical (unpaired) electrons. The summed E-state index contributed by atoms with van der Waals surface area (Å²) in [6, 6.07) is 0.113. The van der Waals surface area contributed by atoms with Gasteiger partial charge in [0.25, 0.3) is 0 Å². The number of nitrogens with zero attached hydrogens (tertiary/aromatic N) is 1. The van der Waals surface area contributed by atoms with E-state index in [0.29, 0.717) is 17.7 Å². The lowest BCUT2D eigenvalue weighted by Gasteiger charge is -2.36. The number of likely N-dealkylation sites (tertiary alicyclic amines) is 1. The fourth-order valence-electron chi connectivity index (χ4n) is 2.96. The van der Waals surface area contributed by atoms with Gasteiger partial charge in [0.05, 0.1) is 6.04 Å². The number of nitrogens with one attached hydrogen (secondary N) is 1. The summed E-state index contributed by atoms with van der Waals surface area (Å²) in [5.74, 6) is 1.67. The molecule has 2 saturated heterocycles. The van der Waals surface area contributed by atoms with E-state index in [9.17, 15) is 4.79 Å². The summed E-state index contributed by atoms with van der Waals surface area (Å²) in [6.45, 7) is 7.42. The SMILES string of the molecule is CC1CC(C)CN(C(=O)[C@@H]2CCCN2)C1.Cl. The van der Waals surface area contributed by atoms with Gasteiger partial charge in [0.2, 0.25) is 5.91 Å². The van der Waals surface area contributed by atoms with Crippen LogP contribution >= 0.6 is 12.4 Å². The fraction of sp³-hybridized carbons (Fsp3) is 0.917. The average Bonchev–Trinajstić information content (AvgIpc) is 2.67. The van der Waals surface area contributed by atoms with E-state index in [2.05, 4.69) is 24.1 Å². The molecule has 3 nitrogen and oxygen atoms in total.